The normalized spacial score (nSPS) is 25.6. The van der Waals surface area contributed by atoms with Crippen LogP contribution >= 0.6 is 0 Å². The van der Waals surface area contributed by atoms with Crippen molar-refractivity contribution < 1.29 is 4.74 Å². The number of hydrogen-bond donors (Lipinski definition) is 2. The molecule has 2 heterocycles. The molecule has 15 heavy (non-hydrogen) atoms. The molecule has 0 radical (unpaired) electrons. The molecule has 0 aromatic rings. The van der Waals surface area contributed by atoms with E-state index in [9.17, 15) is 0 Å². The zero-order chi connectivity index (χ0) is 10.5. The zero-order valence-electron chi connectivity index (χ0n) is 9.11. The fraction of sp³-hybridized carbons (Fsp3) is 0.900. The molecule has 0 aromatic carbocycles. The molecule has 2 fully saturated rings. The highest BCUT2D eigenvalue weighted by Gasteiger charge is 2.16. The number of nitrogens with one attached hydrogen (secondary N) is 1. The standard InChI is InChI=1S/C10H20N4O/c11-10(14-5-3-12-4-6-14)13-9-1-7-15-8-2-9/h9,12H,1-8H2,(H2,11,13). The van der Waals surface area contributed by atoms with Crippen molar-refractivity contribution >= 4 is 5.96 Å². The van der Waals surface area contributed by atoms with Gasteiger partial charge in [0, 0.05) is 39.4 Å². The topological polar surface area (TPSA) is 62.9 Å². The first-order chi connectivity index (χ1) is 7.36. The summed E-state index contributed by atoms with van der Waals surface area (Å²) in [7, 11) is 0. The molecule has 86 valence electrons. The van der Waals surface area contributed by atoms with Crippen LogP contribution in [0.4, 0.5) is 0 Å². The summed E-state index contributed by atoms with van der Waals surface area (Å²) in [5, 5.41) is 3.30. The van der Waals surface area contributed by atoms with Crippen LogP contribution in [-0.4, -0.2) is 56.3 Å². The Kier molecular flexibility index (Phi) is 3.80. The van der Waals surface area contributed by atoms with Crippen molar-refractivity contribution in [3.05, 3.63) is 0 Å². The molecule has 0 unspecified atom stereocenters. The van der Waals surface area contributed by atoms with E-state index >= 15 is 0 Å². The zero-order valence-corrected chi connectivity index (χ0v) is 9.11. The van der Waals surface area contributed by atoms with Gasteiger partial charge in [-0.3, -0.25) is 0 Å². The van der Waals surface area contributed by atoms with Gasteiger partial charge in [0.15, 0.2) is 5.96 Å². The van der Waals surface area contributed by atoms with Crippen LogP contribution in [-0.2, 0) is 4.74 Å². The summed E-state index contributed by atoms with van der Waals surface area (Å²) in [4.78, 5) is 6.73. The fourth-order valence-corrected chi connectivity index (χ4v) is 1.98. The van der Waals surface area contributed by atoms with E-state index in [4.69, 9.17) is 10.5 Å². The molecule has 0 amide bonds. The van der Waals surface area contributed by atoms with Crippen LogP contribution in [0, 0.1) is 0 Å². The molecule has 0 spiro atoms. The second-order valence-electron chi connectivity index (χ2n) is 4.07. The van der Waals surface area contributed by atoms with Gasteiger partial charge in [-0.05, 0) is 12.8 Å². The molecule has 2 saturated heterocycles. The molecule has 0 aromatic heterocycles. The van der Waals surface area contributed by atoms with Gasteiger partial charge in [-0.25, -0.2) is 4.99 Å². The van der Waals surface area contributed by atoms with Crippen LogP contribution in [0.15, 0.2) is 4.99 Å². The minimum atomic E-state index is 0.369. The average Bonchev–Trinajstić information content (AvgIpc) is 2.31. The van der Waals surface area contributed by atoms with Crippen molar-refractivity contribution in [1.82, 2.24) is 10.2 Å². The molecule has 0 aliphatic carbocycles. The lowest BCUT2D eigenvalue weighted by molar-refractivity contribution is 0.0867. The van der Waals surface area contributed by atoms with Gasteiger partial charge in [0.25, 0.3) is 0 Å². The van der Waals surface area contributed by atoms with Crippen LogP contribution in [0.5, 0.6) is 0 Å². The highest BCUT2D eigenvalue weighted by molar-refractivity contribution is 5.78. The first-order valence-corrected chi connectivity index (χ1v) is 5.73. The number of aliphatic imine (C=N–C) groups is 1. The summed E-state index contributed by atoms with van der Waals surface area (Å²) in [6, 6.07) is 0.369. The van der Waals surface area contributed by atoms with Crippen LogP contribution in [0.2, 0.25) is 0 Å². The third-order valence-corrected chi connectivity index (χ3v) is 2.95. The van der Waals surface area contributed by atoms with Gasteiger partial charge in [-0.2, -0.15) is 0 Å². The number of hydrogen-bond acceptors (Lipinski definition) is 3. The van der Waals surface area contributed by atoms with Crippen molar-refractivity contribution in [3.8, 4) is 0 Å². The third-order valence-electron chi connectivity index (χ3n) is 2.95. The first kappa shape index (κ1) is 10.7. The maximum Gasteiger partial charge on any atom is 0.191 e. The minimum Gasteiger partial charge on any atom is -0.381 e. The lowest BCUT2D eigenvalue weighted by atomic mass is 10.1. The Balaban J connectivity index is 1.86. The van der Waals surface area contributed by atoms with Crippen LogP contribution in [0.25, 0.3) is 0 Å². The maximum absolute atomic E-state index is 5.99. The van der Waals surface area contributed by atoms with Gasteiger partial charge < -0.3 is 20.7 Å². The van der Waals surface area contributed by atoms with Gasteiger partial charge in [0.2, 0.25) is 0 Å². The predicted molar refractivity (Wildman–Crippen MR) is 59.9 cm³/mol. The summed E-state index contributed by atoms with van der Waals surface area (Å²) in [6.07, 6.45) is 2.01. The molecule has 2 aliphatic rings. The maximum atomic E-state index is 5.99. The molecule has 2 rings (SSSR count). The van der Waals surface area contributed by atoms with Crippen LogP contribution < -0.4 is 11.1 Å². The van der Waals surface area contributed by atoms with Crippen molar-refractivity contribution in [3.63, 3.8) is 0 Å². The lowest BCUT2D eigenvalue weighted by Gasteiger charge is -2.29. The Morgan fingerprint density at radius 1 is 1.27 bits per heavy atom. The summed E-state index contributed by atoms with van der Waals surface area (Å²) in [5.74, 6) is 0.711. The van der Waals surface area contributed by atoms with Crippen molar-refractivity contribution in [2.75, 3.05) is 39.4 Å². The second kappa shape index (κ2) is 5.32. The van der Waals surface area contributed by atoms with Crippen molar-refractivity contribution in [2.24, 2.45) is 10.7 Å². The van der Waals surface area contributed by atoms with Gasteiger partial charge in [-0.15, -0.1) is 0 Å². The lowest BCUT2D eigenvalue weighted by Crippen LogP contribution is -2.49. The molecule has 0 atom stereocenters. The van der Waals surface area contributed by atoms with E-state index in [1.54, 1.807) is 0 Å². The van der Waals surface area contributed by atoms with E-state index in [0.29, 0.717) is 12.0 Å². The van der Waals surface area contributed by atoms with Gasteiger partial charge in [-0.1, -0.05) is 0 Å². The van der Waals surface area contributed by atoms with E-state index in [-0.39, 0.29) is 0 Å². The average molecular weight is 212 g/mol. The second-order valence-corrected chi connectivity index (χ2v) is 4.07. The van der Waals surface area contributed by atoms with E-state index in [1.807, 2.05) is 0 Å². The minimum absolute atomic E-state index is 0.369. The number of nitrogens with two attached hydrogens (primary N) is 1. The molecular weight excluding hydrogens is 192 g/mol. The smallest absolute Gasteiger partial charge is 0.191 e. The first-order valence-electron chi connectivity index (χ1n) is 5.73. The highest BCUT2D eigenvalue weighted by Crippen LogP contribution is 2.10. The Bertz CT molecular complexity index is 219. The molecule has 0 bridgehead atoms. The molecule has 3 N–H and O–H groups in total. The third kappa shape index (κ3) is 3.07. The summed E-state index contributed by atoms with van der Waals surface area (Å²) in [5.41, 5.74) is 5.99. The van der Waals surface area contributed by atoms with Crippen LogP contribution in [0.3, 0.4) is 0 Å². The number of ether oxygens (including phenoxy) is 1. The number of piperazine rings is 1. The summed E-state index contributed by atoms with van der Waals surface area (Å²) in [6.45, 7) is 5.59. The van der Waals surface area contributed by atoms with Crippen LogP contribution in [0.1, 0.15) is 12.8 Å². The highest BCUT2D eigenvalue weighted by atomic mass is 16.5. The van der Waals surface area contributed by atoms with Gasteiger partial charge in [0.1, 0.15) is 0 Å². The quantitative estimate of drug-likeness (QED) is 0.449. The van der Waals surface area contributed by atoms with E-state index in [1.165, 1.54) is 0 Å². The number of rotatable bonds is 1. The summed E-state index contributed by atoms with van der Waals surface area (Å²) >= 11 is 0. The summed E-state index contributed by atoms with van der Waals surface area (Å²) < 4.78 is 5.29. The molecule has 5 nitrogen and oxygen atoms in total. The Morgan fingerprint density at radius 2 is 1.93 bits per heavy atom. The van der Waals surface area contributed by atoms with Gasteiger partial charge in [0.05, 0.1) is 6.04 Å². The van der Waals surface area contributed by atoms with Crippen molar-refractivity contribution in [2.45, 2.75) is 18.9 Å². The fourth-order valence-electron chi connectivity index (χ4n) is 1.98. The number of nitrogens with zero attached hydrogens (tertiary/aromatic N) is 2. The SMILES string of the molecule is NC(=NC1CCOCC1)N1CCNCC1. The predicted octanol–water partition coefficient (Wildman–Crippen LogP) is -0.615. The van der Waals surface area contributed by atoms with Gasteiger partial charge >= 0.3 is 0 Å². The molecule has 5 heteroatoms. The van der Waals surface area contributed by atoms with E-state index in [2.05, 4.69) is 15.2 Å². The Labute approximate surface area is 90.7 Å². The number of guanidine groups is 1. The van der Waals surface area contributed by atoms with Crippen molar-refractivity contribution in [1.29, 1.82) is 0 Å². The van der Waals surface area contributed by atoms with E-state index < -0.39 is 0 Å². The monoisotopic (exact) mass is 212 g/mol. The molecular formula is C10H20N4O. The largest absolute Gasteiger partial charge is 0.381 e. The molecule has 2 aliphatic heterocycles. The molecule has 0 saturated carbocycles. The Morgan fingerprint density at radius 3 is 2.60 bits per heavy atom. The Hall–Kier alpha value is -0.810. The van der Waals surface area contributed by atoms with E-state index in [0.717, 1.165) is 52.2 Å².